The first kappa shape index (κ1) is 10.0. The van der Waals surface area contributed by atoms with E-state index in [2.05, 4.69) is 9.97 Å². The highest BCUT2D eigenvalue weighted by atomic mass is 35.5. The Morgan fingerprint density at radius 1 is 1.40 bits per heavy atom. The van der Waals surface area contributed by atoms with Gasteiger partial charge < -0.3 is 0 Å². The predicted octanol–water partition coefficient (Wildman–Crippen LogP) is 2.77. The maximum atomic E-state index is 10.5. The van der Waals surface area contributed by atoms with E-state index in [1.54, 1.807) is 5.38 Å². The minimum absolute atomic E-state index is 0.0618. The molecule has 2 aromatic rings. The van der Waals surface area contributed by atoms with Crippen molar-refractivity contribution < 1.29 is 4.92 Å². The molecule has 2 heterocycles. The van der Waals surface area contributed by atoms with Crippen molar-refractivity contribution in [3.63, 3.8) is 0 Å². The summed E-state index contributed by atoms with van der Waals surface area (Å²) >= 11 is 6.84. The van der Waals surface area contributed by atoms with E-state index in [0.29, 0.717) is 11.3 Å². The highest BCUT2D eigenvalue weighted by molar-refractivity contribution is 7.13. The van der Waals surface area contributed by atoms with Crippen LogP contribution in [0, 0.1) is 10.1 Å². The molecule has 2 aromatic heterocycles. The predicted molar refractivity (Wildman–Crippen MR) is 57.0 cm³/mol. The smallest absolute Gasteiger partial charge is 0.258 e. The van der Waals surface area contributed by atoms with Crippen molar-refractivity contribution in [3.8, 4) is 11.3 Å². The molecular formula is C8H4ClN3O2S. The average Bonchev–Trinajstić information content (AvgIpc) is 2.67. The van der Waals surface area contributed by atoms with Gasteiger partial charge in [-0.1, -0.05) is 22.9 Å². The third kappa shape index (κ3) is 1.95. The molecule has 0 atom stereocenters. The lowest BCUT2D eigenvalue weighted by Gasteiger charge is -1.96. The van der Waals surface area contributed by atoms with Crippen LogP contribution in [0.15, 0.2) is 23.8 Å². The SMILES string of the molecule is O=[N+]([O-])c1cc(-c2nccnc2Cl)cs1. The third-order valence-corrected chi connectivity index (χ3v) is 2.85. The molecule has 5 nitrogen and oxygen atoms in total. The molecule has 0 saturated carbocycles. The van der Waals surface area contributed by atoms with Gasteiger partial charge in [-0.25, -0.2) is 4.98 Å². The molecule has 0 aliphatic carbocycles. The Morgan fingerprint density at radius 2 is 2.13 bits per heavy atom. The van der Waals surface area contributed by atoms with Gasteiger partial charge in [0.2, 0.25) is 0 Å². The molecule has 0 amide bonds. The summed E-state index contributed by atoms with van der Waals surface area (Å²) in [6, 6.07) is 1.43. The monoisotopic (exact) mass is 241 g/mol. The number of rotatable bonds is 2. The first-order valence-corrected chi connectivity index (χ1v) is 5.14. The Kier molecular flexibility index (Phi) is 2.61. The zero-order valence-corrected chi connectivity index (χ0v) is 8.83. The van der Waals surface area contributed by atoms with Gasteiger partial charge in [-0.15, -0.1) is 0 Å². The molecule has 0 unspecified atom stereocenters. The molecule has 0 fully saturated rings. The van der Waals surface area contributed by atoms with Gasteiger partial charge in [-0.2, -0.15) is 0 Å². The van der Waals surface area contributed by atoms with Gasteiger partial charge in [0.25, 0.3) is 0 Å². The van der Waals surface area contributed by atoms with Gasteiger partial charge in [0.15, 0.2) is 5.15 Å². The van der Waals surface area contributed by atoms with Gasteiger partial charge in [-0.05, 0) is 0 Å². The molecule has 0 aromatic carbocycles. The van der Waals surface area contributed by atoms with Gasteiger partial charge in [0.1, 0.15) is 5.69 Å². The number of aromatic nitrogens is 2. The summed E-state index contributed by atoms with van der Waals surface area (Å²) in [5, 5.41) is 12.4. The fourth-order valence-corrected chi connectivity index (χ4v) is 1.98. The number of nitro groups is 1. The molecule has 76 valence electrons. The Labute approximate surface area is 93.5 Å². The highest BCUT2D eigenvalue weighted by Gasteiger charge is 2.13. The summed E-state index contributed by atoms with van der Waals surface area (Å²) in [7, 11) is 0. The molecule has 15 heavy (non-hydrogen) atoms. The maximum Gasteiger partial charge on any atom is 0.324 e. The van der Waals surface area contributed by atoms with Gasteiger partial charge in [-0.3, -0.25) is 15.1 Å². The summed E-state index contributed by atoms with van der Waals surface area (Å²) in [5.41, 5.74) is 1.08. The molecule has 0 radical (unpaired) electrons. The fourth-order valence-electron chi connectivity index (χ4n) is 1.06. The quantitative estimate of drug-likeness (QED) is 0.599. The van der Waals surface area contributed by atoms with E-state index in [1.165, 1.54) is 18.5 Å². The first-order valence-electron chi connectivity index (χ1n) is 3.88. The van der Waals surface area contributed by atoms with Crippen LogP contribution in [0.5, 0.6) is 0 Å². The lowest BCUT2D eigenvalue weighted by Crippen LogP contribution is -1.85. The molecule has 0 bridgehead atoms. The minimum atomic E-state index is -0.446. The molecule has 0 spiro atoms. The van der Waals surface area contributed by atoms with E-state index in [9.17, 15) is 10.1 Å². The van der Waals surface area contributed by atoms with Crippen molar-refractivity contribution in [2.75, 3.05) is 0 Å². The molecular weight excluding hydrogens is 238 g/mol. The molecule has 0 aliphatic heterocycles. The summed E-state index contributed by atoms with van der Waals surface area (Å²) < 4.78 is 0. The van der Waals surface area contributed by atoms with Crippen LogP contribution < -0.4 is 0 Å². The Bertz CT molecular complexity index is 514. The second-order valence-corrected chi connectivity index (χ2v) is 3.87. The minimum Gasteiger partial charge on any atom is -0.258 e. The summed E-state index contributed by atoms with van der Waals surface area (Å²) in [4.78, 5) is 17.9. The summed E-state index contributed by atoms with van der Waals surface area (Å²) in [6.07, 6.45) is 2.96. The second-order valence-electron chi connectivity index (χ2n) is 2.63. The maximum absolute atomic E-state index is 10.5. The Hall–Kier alpha value is -1.53. The van der Waals surface area contributed by atoms with Crippen LogP contribution in [0.1, 0.15) is 0 Å². The van der Waals surface area contributed by atoms with Crippen molar-refractivity contribution in [1.29, 1.82) is 0 Å². The fraction of sp³-hybridized carbons (Fsp3) is 0. The van der Waals surface area contributed by atoms with Crippen molar-refractivity contribution in [1.82, 2.24) is 9.97 Å². The van der Waals surface area contributed by atoms with Crippen LogP contribution in [0.2, 0.25) is 5.15 Å². The number of nitrogens with zero attached hydrogens (tertiary/aromatic N) is 3. The van der Waals surface area contributed by atoms with Crippen molar-refractivity contribution in [2.45, 2.75) is 0 Å². The van der Waals surface area contributed by atoms with Gasteiger partial charge in [0, 0.05) is 29.4 Å². The van der Waals surface area contributed by atoms with Gasteiger partial charge >= 0.3 is 5.00 Å². The average molecular weight is 242 g/mol. The second kappa shape index (κ2) is 3.92. The highest BCUT2D eigenvalue weighted by Crippen LogP contribution is 2.31. The Morgan fingerprint density at radius 3 is 2.73 bits per heavy atom. The van der Waals surface area contributed by atoms with Crippen molar-refractivity contribution in [2.24, 2.45) is 0 Å². The van der Waals surface area contributed by atoms with E-state index in [-0.39, 0.29) is 10.2 Å². The molecule has 0 saturated heterocycles. The molecule has 7 heteroatoms. The summed E-state index contributed by atoms with van der Waals surface area (Å²) in [5.74, 6) is 0. The normalized spacial score (nSPS) is 10.2. The van der Waals surface area contributed by atoms with Crippen LogP contribution in [-0.2, 0) is 0 Å². The molecule has 0 aliphatic rings. The first-order chi connectivity index (χ1) is 7.18. The summed E-state index contributed by atoms with van der Waals surface area (Å²) in [6.45, 7) is 0. The van der Waals surface area contributed by atoms with Crippen LogP contribution in [-0.4, -0.2) is 14.9 Å². The third-order valence-electron chi connectivity index (χ3n) is 1.69. The number of halogens is 1. The number of hydrogen-bond acceptors (Lipinski definition) is 5. The van der Waals surface area contributed by atoms with Crippen molar-refractivity contribution >= 4 is 27.9 Å². The molecule has 0 N–H and O–H groups in total. The largest absolute Gasteiger partial charge is 0.324 e. The van der Waals surface area contributed by atoms with Crippen LogP contribution in [0.25, 0.3) is 11.3 Å². The van der Waals surface area contributed by atoms with E-state index < -0.39 is 4.92 Å². The lowest BCUT2D eigenvalue weighted by molar-refractivity contribution is -0.380. The topological polar surface area (TPSA) is 68.9 Å². The molecule has 2 rings (SSSR count). The van der Waals surface area contributed by atoms with Gasteiger partial charge in [0.05, 0.1) is 4.92 Å². The lowest BCUT2D eigenvalue weighted by atomic mass is 10.2. The van der Waals surface area contributed by atoms with Crippen molar-refractivity contribution in [3.05, 3.63) is 39.1 Å². The van der Waals surface area contributed by atoms with Crippen LogP contribution in [0.4, 0.5) is 5.00 Å². The van der Waals surface area contributed by atoms with Crippen LogP contribution in [0.3, 0.4) is 0 Å². The number of thiophene rings is 1. The van der Waals surface area contributed by atoms with Crippen LogP contribution >= 0.6 is 22.9 Å². The van der Waals surface area contributed by atoms with E-state index >= 15 is 0 Å². The van der Waals surface area contributed by atoms with E-state index in [1.807, 2.05) is 0 Å². The van der Waals surface area contributed by atoms with E-state index in [4.69, 9.17) is 11.6 Å². The number of hydrogen-bond donors (Lipinski definition) is 0. The zero-order chi connectivity index (χ0) is 10.8. The Balaban J connectivity index is 2.46. The zero-order valence-electron chi connectivity index (χ0n) is 7.25. The van der Waals surface area contributed by atoms with E-state index in [0.717, 1.165) is 11.3 Å². The standard InChI is InChI=1S/C8H4ClN3O2S/c9-8-7(10-1-2-11-8)5-3-6(12(13)14)15-4-5/h1-4H.